The second kappa shape index (κ2) is 15.0. The molecule has 2 aromatic heterocycles. The molecule has 0 aliphatic rings. The lowest BCUT2D eigenvalue weighted by Gasteiger charge is -2.15. The van der Waals surface area contributed by atoms with Crippen molar-refractivity contribution in [3.8, 4) is 17.0 Å². The van der Waals surface area contributed by atoms with E-state index >= 15 is 0 Å². The molecular weight excluding hydrogens is 547 g/mol. The van der Waals surface area contributed by atoms with Gasteiger partial charge in [0.2, 0.25) is 0 Å². The first-order valence-electron chi connectivity index (χ1n) is 12.9. The van der Waals surface area contributed by atoms with Crippen LogP contribution in [0.1, 0.15) is 26.3 Å². The van der Waals surface area contributed by atoms with Crippen LogP contribution in [0.15, 0.2) is 92.0 Å². The molecular formula is C30H32F3N7O2. The predicted octanol–water partition coefficient (Wildman–Crippen LogP) is 7.71. The van der Waals surface area contributed by atoms with Crippen LogP contribution in [-0.2, 0) is 6.54 Å². The van der Waals surface area contributed by atoms with Gasteiger partial charge in [-0.05, 0) is 62.0 Å². The summed E-state index contributed by atoms with van der Waals surface area (Å²) in [6, 6.07) is 18.2. The van der Waals surface area contributed by atoms with Gasteiger partial charge in [-0.3, -0.25) is 4.98 Å². The molecule has 0 spiro atoms. The van der Waals surface area contributed by atoms with E-state index in [-0.39, 0.29) is 19.1 Å². The second-order valence-electron chi connectivity index (χ2n) is 9.11. The van der Waals surface area contributed by atoms with Gasteiger partial charge in [0.05, 0.1) is 23.7 Å². The number of carbonyl (C=O) groups is 1. The van der Waals surface area contributed by atoms with Gasteiger partial charge >= 0.3 is 12.2 Å². The molecule has 0 unspecified atom stereocenters. The van der Waals surface area contributed by atoms with Gasteiger partial charge in [-0.15, -0.1) is 0 Å². The van der Waals surface area contributed by atoms with Crippen molar-refractivity contribution < 1.29 is 22.7 Å². The van der Waals surface area contributed by atoms with Crippen molar-refractivity contribution in [2.24, 2.45) is 0 Å². The van der Waals surface area contributed by atoms with Crippen LogP contribution in [0.2, 0.25) is 0 Å². The third-order valence-corrected chi connectivity index (χ3v) is 5.13. The number of hydrogen-bond donors (Lipinski definition) is 4. The van der Waals surface area contributed by atoms with Crippen LogP contribution in [0.5, 0.6) is 5.75 Å². The van der Waals surface area contributed by atoms with E-state index in [2.05, 4.69) is 37.8 Å². The fourth-order valence-corrected chi connectivity index (χ4v) is 3.51. The quantitative estimate of drug-likeness (QED) is 0.152. The van der Waals surface area contributed by atoms with Crippen LogP contribution < -0.4 is 26.0 Å². The number of para-hydroxylation sites is 2. The van der Waals surface area contributed by atoms with Gasteiger partial charge in [-0.25, -0.2) is 14.8 Å². The molecule has 0 aliphatic heterocycles. The van der Waals surface area contributed by atoms with Crippen LogP contribution in [0.4, 0.5) is 41.0 Å². The molecule has 42 heavy (non-hydrogen) atoms. The summed E-state index contributed by atoms with van der Waals surface area (Å²) in [5.74, 6) is 1.74. The number of amides is 2. The fraction of sp³-hybridized carbons (Fsp3) is 0.200. The Balaban J connectivity index is 0.000000892. The lowest BCUT2D eigenvalue weighted by molar-refractivity contribution is -0.110. The number of carbonyl (C=O) groups excluding carboxylic acids is 1. The molecule has 0 fully saturated rings. The highest BCUT2D eigenvalue weighted by molar-refractivity contribution is 6.01. The van der Waals surface area contributed by atoms with Crippen molar-refractivity contribution in [3.63, 3.8) is 0 Å². The van der Waals surface area contributed by atoms with Gasteiger partial charge in [-0.2, -0.15) is 13.2 Å². The van der Waals surface area contributed by atoms with Gasteiger partial charge < -0.3 is 26.0 Å². The maximum Gasteiger partial charge on any atom is 0.386 e. The minimum Gasteiger partial charge on any atom is -0.489 e. The minimum absolute atomic E-state index is 0.0130. The van der Waals surface area contributed by atoms with E-state index in [1.54, 1.807) is 30.9 Å². The van der Waals surface area contributed by atoms with Crippen molar-refractivity contribution in [3.05, 3.63) is 97.6 Å². The number of benzene rings is 2. The molecule has 0 saturated carbocycles. The maximum atomic E-state index is 12.7. The monoisotopic (exact) mass is 579 g/mol. The van der Waals surface area contributed by atoms with E-state index in [0.29, 0.717) is 41.0 Å². The molecule has 4 aromatic rings. The normalized spacial score (nSPS) is 10.6. The van der Waals surface area contributed by atoms with Crippen LogP contribution in [0, 0.1) is 0 Å². The van der Waals surface area contributed by atoms with Crippen molar-refractivity contribution in [1.82, 2.24) is 15.0 Å². The number of pyridine rings is 1. The maximum absolute atomic E-state index is 12.7. The Bertz CT molecular complexity index is 1460. The lowest BCUT2D eigenvalue weighted by atomic mass is 10.1. The average molecular weight is 580 g/mol. The fourth-order valence-electron chi connectivity index (χ4n) is 3.51. The van der Waals surface area contributed by atoms with E-state index in [9.17, 15) is 18.0 Å². The van der Waals surface area contributed by atoms with E-state index in [4.69, 9.17) is 9.72 Å². The number of halogens is 3. The summed E-state index contributed by atoms with van der Waals surface area (Å²) in [6.45, 7) is 8.33. The first kappa shape index (κ1) is 31.4. The molecule has 0 radical (unpaired) electrons. The highest BCUT2D eigenvalue weighted by Crippen LogP contribution is 2.27. The summed E-state index contributed by atoms with van der Waals surface area (Å²) in [5.41, 5.74) is 3.70. The number of alkyl halides is 3. The predicted molar refractivity (Wildman–Crippen MR) is 159 cm³/mol. The number of urea groups is 1. The summed E-state index contributed by atoms with van der Waals surface area (Å²) in [7, 11) is 0. The highest BCUT2D eigenvalue weighted by atomic mass is 19.4. The molecule has 4 N–H and O–H groups in total. The van der Waals surface area contributed by atoms with Gasteiger partial charge in [0, 0.05) is 37.1 Å². The van der Waals surface area contributed by atoms with E-state index in [1.165, 1.54) is 0 Å². The second-order valence-corrected chi connectivity index (χ2v) is 9.11. The average Bonchev–Trinajstić information content (AvgIpc) is 2.93. The number of ether oxygens (including phenoxy) is 1. The SMILES string of the molecule is C=CNc1ncc(-c2cccc(NC(=O)Nc3ccccc3OC(C)C)c2)nc1NCc1ccncc1.CC(F)(F)F. The van der Waals surface area contributed by atoms with Crippen LogP contribution >= 0.6 is 0 Å². The Morgan fingerprint density at radius 2 is 1.74 bits per heavy atom. The summed E-state index contributed by atoms with van der Waals surface area (Å²) in [4.78, 5) is 26.0. The summed E-state index contributed by atoms with van der Waals surface area (Å²) < 4.78 is 36.8. The molecule has 4 rings (SSSR count). The molecule has 2 heterocycles. The number of hydrogen-bond acceptors (Lipinski definition) is 7. The van der Waals surface area contributed by atoms with Crippen molar-refractivity contribution in [2.75, 3.05) is 21.3 Å². The molecule has 0 aliphatic carbocycles. The van der Waals surface area contributed by atoms with Gasteiger partial charge in [0.25, 0.3) is 0 Å². The molecule has 0 atom stereocenters. The van der Waals surface area contributed by atoms with E-state index in [0.717, 1.165) is 11.1 Å². The van der Waals surface area contributed by atoms with Crippen molar-refractivity contribution in [1.29, 1.82) is 0 Å². The first-order valence-corrected chi connectivity index (χ1v) is 12.9. The van der Waals surface area contributed by atoms with Crippen molar-refractivity contribution in [2.45, 2.75) is 39.6 Å². The Hall–Kier alpha value is -5.13. The summed E-state index contributed by atoms with van der Waals surface area (Å²) in [6.07, 6.45) is 2.69. The number of rotatable bonds is 10. The smallest absolute Gasteiger partial charge is 0.386 e. The van der Waals surface area contributed by atoms with Gasteiger partial charge in [-0.1, -0.05) is 30.8 Å². The zero-order valence-electron chi connectivity index (χ0n) is 23.4. The summed E-state index contributed by atoms with van der Waals surface area (Å²) in [5, 5.41) is 12.0. The minimum atomic E-state index is -4.00. The Kier molecular flexibility index (Phi) is 11.2. The number of nitrogens with zero attached hydrogens (tertiary/aromatic N) is 3. The first-order chi connectivity index (χ1) is 20.0. The largest absolute Gasteiger partial charge is 0.489 e. The van der Waals surface area contributed by atoms with Gasteiger partial charge in [0.15, 0.2) is 11.6 Å². The van der Waals surface area contributed by atoms with E-state index in [1.807, 2.05) is 68.4 Å². The van der Waals surface area contributed by atoms with E-state index < -0.39 is 6.18 Å². The number of nitrogens with one attached hydrogen (secondary N) is 4. The van der Waals surface area contributed by atoms with Crippen LogP contribution in [0.3, 0.4) is 0 Å². The molecule has 12 heteroatoms. The Morgan fingerprint density at radius 1 is 1.02 bits per heavy atom. The molecule has 9 nitrogen and oxygen atoms in total. The standard InChI is InChI=1S/C28H29N7O2.C2H3F3/c1-4-30-26-27(31-17-20-12-14-29-15-13-20)34-24(18-32-26)21-8-7-9-22(16-21)33-28(36)35-23-10-5-6-11-25(23)37-19(2)3;1-2(3,4)5/h4-16,18-19H,1,17H2,2-3H3,(H,30,32)(H,31,34)(H2,33,35,36);1H3. The zero-order chi connectivity index (χ0) is 30.5. The lowest BCUT2D eigenvalue weighted by Crippen LogP contribution is -2.20. The molecule has 0 saturated heterocycles. The number of aromatic nitrogens is 3. The topological polar surface area (TPSA) is 113 Å². The Morgan fingerprint density at radius 3 is 2.43 bits per heavy atom. The Labute approximate surface area is 242 Å². The highest BCUT2D eigenvalue weighted by Gasteiger charge is 2.15. The third-order valence-electron chi connectivity index (χ3n) is 5.13. The van der Waals surface area contributed by atoms with Crippen molar-refractivity contribution >= 4 is 29.0 Å². The van der Waals surface area contributed by atoms with Crippen LogP contribution in [-0.4, -0.2) is 33.3 Å². The van der Waals surface area contributed by atoms with Crippen LogP contribution in [0.25, 0.3) is 11.3 Å². The molecule has 0 bridgehead atoms. The molecule has 220 valence electrons. The third kappa shape index (κ3) is 10.8. The molecule has 2 aromatic carbocycles. The van der Waals surface area contributed by atoms with Gasteiger partial charge in [0.1, 0.15) is 5.75 Å². The zero-order valence-corrected chi connectivity index (χ0v) is 23.4. The molecule has 2 amide bonds. The summed E-state index contributed by atoms with van der Waals surface area (Å²) >= 11 is 0. The number of anilines is 4.